The number of amides is 1. The summed E-state index contributed by atoms with van der Waals surface area (Å²) in [7, 11) is 0. The van der Waals surface area contributed by atoms with Gasteiger partial charge in [0.2, 0.25) is 5.91 Å². The number of nitro benzene ring substituents is 1. The Morgan fingerprint density at radius 3 is 2.54 bits per heavy atom. The summed E-state index contributed by atoms with van der Waals surface area (Å²) < 4.78 is 0. The molecule has 2 rings (SSSR count). The molecule has 2 aromatic rings. The van der Waals surface area contributed by atoms with Crippen molar-refractivity contribution in [3.8, 4) is 0 Å². The number of nitro groups is 1. The van der Waals surface area contributed by atoms with E-state index < -0.39 is 4.92 Å². The van der Waals surface area contributed by atoms with Gasteiger partial charge in [0.05, 0.1) is 4.92 Å². The molecule has 0 saturated carbocycles. The first-order valence-electron chi connectivity index (χ1n) is 7.50. The van der Waals surface area contributed by atoms with Crippen molar-refractivity contribution in [3.63, 3.8) is 0 Å². The molecule has 0 aromatic heterocycles. The highest BCUT2D eigenvalue weighted by Crippen LogP contribution is 2.16. The number of nitrogens with one attached hydrogen (secondary N) is 1. The number of carbonyl (C=O) groups excluding carboxylic acids is 1. The summed E-state index contributed by atoms with van der Waals surface area (Å²) in [5.74, 6) is -0.201. The van der Waals surface area contributed by atoms with Gasteiger partial charge in [0, 0.05) is 29.8 Å². The lowest BCUT2D eigenvalue weighted by atomic mass is 10.1. The fourth-order valence-corrected chi connectivity index (χ4v) is 2.36. The van der Waals surface area contributed by atoms with Gasteiger partial charge in [-0.25, -0.2) is 0 Å². The van der Waals surface area contributed by atoms with Crippen LogP contribution < -0.4 is 5.32 Å². The van der Waals surface area contributed by atoms with E-state index in [-0.39, 0.29) is 11.6 Å². The average Bonchev–Trinajstić information content (AvgIpc) is 2.58. The summed E-state index contributed by atoms with van der Waals surface area (Å²) in [4.78, 5) is 21.8. The topological polar surface area (TPSA) is 72.2 Å². The van der Waals surface area contributed by atoms with E-state index in [4.69, 9.17) is 11.6 Å². The van der Waals surface area contributed by atoms with E-state index in [1.54, 1.807) is 18.2 Å². The van der Waals surface area contributed by atoms with Crippen LogP contribution in [0.15, 0.2) is 54.6 Å². The number of hydrogen-bond acceptors (Lipinski definition) is 3. The van der Waals surface area contributed by atoms with Gasteiger partial charge in [0.1, 0.15) is 0 Å². The molecule has 0 fully saturated rings. The zero-order valence-corrected chi connectivity index (χ0v) is 13.7. The van der Waals surface area contributed by atoms with Gasteiger partial charge >= 0.3 is 0 Å². The van der Waals surface area contributed by atoms with Crippen LogP contribution in [0, 0.1) is 10.1 Å². The molecule has 0 unspecified atom stereocenters. The normalized spacial score (nSPS) is 10.7. The van der Waals surface area contributed by atoms with Crippen molar-refractivity contribution >= 4 is 29.3 Å². The van der Waals surface area contributed by atoms with Crippen LogP contribution in [0.25, 0.3) is 6.08 Å². The van der Waals surface area contributed by atoms with E-state index in [1.165, 1.54) is 18.2 Å². The number of carbonyl (C=O) groups is 1. The number of halogens is 1. The molecule has 0 heterocycles. The molecule has 0 radical (unpaired) electrons. The number of hydrogen-bond donors (Lipinski definition) is 1. The lowest BCUT2D eigenvalue weighted by Crippen LogP contribution is -2.22. The summed E-state index contributed by atoms with van der Waals surface area (Å²) in [5, 5.41) is 14.1. The van der Waals surface area contributed by atoms with Crippen molar-refractivity contribution in [2.24, 2.45) is 0 Å². The van der Waals surface area contributed by atoms with E-state index in [0.29, 0.717) is 6.54 Å². The van der Waals surface area contributed by atoms with Gasteiger partial charge in [0.15, 0.2) is 0 Å². The minimum atomic E-state index is -0.459. The maximum atomic E-state index is 11.7. The number of benzene rings is 2. The quantitative estimate of drug-likeness (QED) is 0.357. The monoisotopic (exact) mass is 344 g/mol. The van der Waals surface area contributed by atoms with E-state index in [2.05, 4.69) is 5.32 Å². The minimum absolute atomic E-state index is 0.0242. The standard InChI is InChI=1S/C18H17ClN2O3/c19-17-6-2-1-4-15(17)5-3-13-20-18(22)12-9-14-7-10-16(11-8-14)21(23)24/h1-2,4,6-12H,3,5,13H2,(H,20,22)/b12-9+. The Morgan fingerprint density at radius 1 is 1.17 bits per heavy atom. The maximum Gasteiger partial charge on any atom is 0.269 e. The molecule has 1 amide bonds. The van der Waals surface area contributed by atoms with Crippen LogP contribution in [0.2, 0.25) is 5.02 Å². The van der Waals surface area contributed by atoms with E-state index in [1.807, 2.05) is 24.3 Å². The molecule has 0 atom stereocenters. The highest BCUT2D eigenvalue weighted by atomic mass is 35.5. The molecule has 0 saturated heterocycles. The van der Waals surface area contributed by atoms with Crippen molar-refractivity contribution in [2.45, 2.75) is 12.8 Å². The van der Waals surface area contributed by atoms with Gasteiger partial charge in [-0.3, -0.25) is 14.9 Å². The van der Waals surface area contributed by atoms with Crippen LogP contribution in [0.4, 0.5) is 5.69 Å². The first-order chi connectivity index (χ1) is 11.6. The van der Waals surface area contributed by atoms with Gasteiger partial charge in [-0.05, 0) is 48.2 Å². The Hall–Kier alpha value is -2.66. The predicted octanol–water partition coefficient (Wildman–Crippen LogP) is 4.01. The highest BCUT2D eigenvalue weighted by Gasteiger charge is 2.03. The molecule has 24 heavy (non-hydrogen) atoms. The first kappa shape index (κ1) is 17.7. The Labute approximate surface area is 145 Å². The molecule has 6 heteroatoms. The summed E-state index contributed by atoms with van der Waals surface area (Å²) in [6.45, 7) is 0.550. The van der Waals surface area contributed by atoms with Crippen LogP contribution in [-0.2, 0) is 11.2 Å². The SMILES string of the molecule is O=C(/C=C/c1ccc([N+](=O)[O-])cc1)NCCCc1ccccc1Cl. The summed E-state index contributed by atoms with van der Waals surface area (Å²) in [6.07, 6.45) is 4.62. The first-order valence-corrected chi connectivity index (χ1v) is 7.88. The maximum absolute atomic E-state index is 11.7. The van der Waals surface area contributed by atoms with Crippen molar-refractivity contribution in [2.75, 3.05) is 6.54 Å². The van der Waals surface area contributed by atoms with Crippen LogP contribution in [0.3, 0.4) is 0 Å². The number of nitrogens with zero attached hydrogens (tertiary/aromatic N) is 1. The average molecular weight is 345 g/mol. The number of rotatable bonds is 7. The molecule has 0 aliphatic rings. The summed E-state index contributed by atoms with van der Waals surface area (Å²) in [5.41, 5.74) is 1.82. The van der Waals surface area contributed by atoms with Gasteiger partial charge in [-0.15, -0.1) is 0 Å². The van der Waals surface area contributed by atoms with Crippen LogP contribution >= 0.6 is 11.6 Å². The summed E-state index contributed by atoms with van der Waals surface area (Å²) in [6, 6.07) is 13.6. The molecule has 2 aromatic carbocycles. The van der Waals surface area contributed by atoms with Crippen molar-refractivity contribution in [1.82, 2.24) is 5.32 Å². The molecule has 0 aliphatic heterocycles. The second-order valence-corrected chi connectivity index (χ2v) is 5.58. The molecule has 1 N–H and O–H groups in total. The van der Waals surface area contributed by atoms with Gasteiger partial charge in [0.25, 0.3) is 5.69 Å². The lowest BCUT2D eigenvalue weighted by Gasteiger charge is -2.04. The minimum Gasteiger partial charge on any atom is -0.353 e. The molecule has 0 spiro atoms. The van der Waals surface area contributed by atoms with E-state index in [9.17, 15) is 14.9 Å². The Bertz CT molecular complexity index is 742. The zero-order chi connectivity index (χ0) is 17.4. The van der Waals surface area contributed by atoms with Gasteiger partial charge in [-0.2, -0.15) is 0 Å². The highest BCUT2D eigenvalue weighted by molar-refractivity contribution is 6.31. The molecule has 0 aliphatic carbocycles. The molecular weight excluding hydrogens is 328 g/mol. The number of non-ortho nitro benzene ring substituents is 1. The van der Waals surface area contributed by atoms with Crippen LogP contribution in [0.1, 0.15) is 17.5 Å². The summed E-state index contributed by atoms with van der Waals surface area (Å²) >= 11 is 6.07. The Balaban J connectivity index is 1.74. The van der Waals surface area contributed by atoms with Gasteiger partial charge in [-0.1, -0.05) is 29.8 Å². The predicted molar refractivity (Wildman–Crippen MR) is 94.9 cm³/mol. The van der Waals surface area contributed by atoms with Crippen molar-refractivity contribution in [1.29, 1.82) is 0 Å². The van der Waals surface area contributed by atoms with Crippen molar-refractivity contribution < 1.29 is 9.72 Å². The van der Waals surface area contributed by atoms with Crippen molar-refractivity contribution in [3.05, 3.63) is 80.9 Å². The second-order valence-electron chi connectivity index (χ2n) is 5.17. The zero-order valence-electron chi connectivity index (χ0n) is 12.9. The Morgan fingerprint density at radius 2 is 1.88 bits per heavy atom. The molecule has 124 valence electrons. The number of aryl methyl sites for hydroxylation is 1. The van der Waals surface area contributed by atoms with E-state index >= 15 is 0 Å². The third-order valence-electron chi connectivity index (χ3n) is 3.41. The van der Waals surface area contributed by atoms with E-state index in [0.717, 1.165) is 29.0 Å². The second kappa shape index (κ2) is 8.84. The fourth-order valence-electron chi connectivity index (χ4n) is 2.13. The smallest absolute Gasteiger partial charge is 0.269 e. The van der Waals surface area contributed by atoms with Crippen LogP contribution in [-0.4, -0.2) is 17.4 Å². The van der Waals surface area contributed by atoms with Gasteiger partial charge < -0.3 is 5.32 Å². The fraction of sp³-hybridized carbons (Fsp3) is 0.167. The molecule has 5 nitrogen and oxygen atoms in total. The van der Waals surface area contributed by atoms with Crippen LogP contribution in [0.5, 0.6) is 0 Å². The molecular formula is C18H17ClN2O3. The lowest BCUT2D eigenvalue weighted by molar-refractivity contribution is -0.384. The third-order valence-corrected chi connectivity index (χ3v) is 3.78. The largest absolute Gasteiger partial charge is 0.353 e. The Kier molecular flexibility index (Phi) is 6.51. The molecule has 0 bridgehead atoms. The third kappa shape index (κ3) is 5.52.